The van der Waals surface area contributed by atoms with Crippen molar-refractivity contribution in [3.63, 3.8) is 0 Å². The Balaban J connectivity index is 1.85. The molecule has 0 spiro atoms. The van der Waals surface area contributed by atoms with Crippen LogP contribution in [0.3, 0.4) is 0 Å². The monoisotopic (exact) mass is 519 g/mol. The molecule has 10 nitrogen and oxygen atoms in total. The van der Waals surface area contributed by atoms with E-state index in [0.717, 1.165) is 17.4 Å². The Hall–Kier alpha value is -2.76. The summed E-state index contributed by atoms with van der Waals surface area (Å²) >= 11 is 1.26. The fraction of sp³-hybridized carbons (Fsp3) is 0.600. The van der Waals surface area contributed by atoms with Gasteiger partial charge in [0.25, 0.3) is 5.56 Å². The van der Waals surface area contributed by atoms with Crippen molar-refractivity contribution in [1.29, 1.82) is 0 Å². The lowest BCUT2D eigenvalue weighted by Gasteiger charge is -2.30. The van der Waals surface area contributed by atoms with E-state index in [4.69, 9.17) is 18.6 Å². The average molecular weight is 520 g/mol. The number of carbonyl (C=O) groups excluding carboxylic acids is 1. The summed E-state index contributed by atoms with van der Waals surface area (Å²) in [5.74, 6) is -0.303. The van der Waals surface area contributed by atoms with Crippen LogP contribution in [0.15, 0.2) is 26.5 Å². The molecule has 0 aromatic carbocycles. The van der Waals surface area contributed by atoms with Crippen LogP contribution in [0.2, 0.25) is 0 Å². The molecule has 1 saturated heterocycles. The van der Waals surface area contributed by atoms with Crippen LogP contribution >= 0.6 is 11.3 Å². The maximum atomic E-state index is 13.8. The summed E-state index contributed by atoms with van der Waals surface area (Å²) in [6.07, 6.45) is 4.63. The van der Waals surface area contributed by atoms with Crippen molar-refractivity contribution in [1.82, 2.24) is 14.1 Å². The second-order valence-corrected chi connectivity index (χ2v) is 11.4. The number of ether oxygens (including phenoxy) is 3. The van der Waals surface area contributed by atoms with Gasteiger partial charge in [0.2, 0.25) is 5.89 Å². The summed E-state index contributed by atoms with van der Waals surface area (Å²) in [5, 5.41) is 0.343. The molecule has 36 heavy (non-hydrogen) atoms. The minimum atomic E-state index is -1.55. The van der Waals surface area contributed by atoms with E-state index >= 15 is 0 Å². The highest BCUT2D eigenvalue weighted by Crippen LogP contribution is 2.35. The molecule has 0 aliphatic carbocycles. The number of esters is 1. The number of carbonyl (C=O) groups is 1. The first kappa shape index (κ1) is 26.3. The SMILES string of the molecule is Cc1c(-c2ncco2)sc2c1c(=O)n(C(C)(C)C(=O)OC(C)(C)C)c(=O)n2CCOC1CCOCC1. The van der Waals surface area contributed by atoms with Gasteiger partial charge in [0, 0.05) is 13.2 Å². The van der Waals surface area contributed by atoms with Gasteiger partial charge in [-0.1, -0.05) is 0 Å². The van der Waals surface area contributed by atoms with Gasteiger partial charge in [-0.2, -0.15) is 0 Å². The van der Waals surface area contributed by atoms with Crippen LogP contribution in [-0.2, 0) is 31.1 Å². The molecule has 3 aromatic heterocycles. The molecule has 11 heteroatoms. The third-order valence-corrected chi connectivity index (χ3v) is 7.44. The first-order valence-corrected chi connectivity index (χ1v) is 12.9. The molecule has 1 fully saturated rings. The smallest absolute Gasteiger partial charge is 0.333 e. The van der Waals surface area contributed by atoms with E-state index in [1.807, 2.05) is 0 Å². The van der Waals surface area contributed by atoms with Crippen molar-refractivity contribution >= 4 is 27.5 Å². The third-order valence-electron chi connectivity index (χ3n) is 6.13. The summed E-state index contributed by atoms with van der Waals surface area (Å²) in [7, 11) is 0. The normalized spacial score (nSPS) is 15.5. The fourth-order valence-electron chi connectivity index (χ4n) is 4.22. The van der Waals surface area contributed by atoms with E-state index in [-0.39, 0.29) is 19.3 Å². The van der Waals surface area contributed by atoms with E-state index in [1.54, 1.807) is 27.7 Å². The van der Waals surface area contributed by atoms with E-state index in [2.05, 4.69) is 4.98 Å². The predicted octanol–water partition coefficient (Wildman–Crippen LogP) is 3.46. The lowest BCUT2D eigenvalue weighted by molar-refractivity contribution is -0.164. The quantitative estimate of drug-likeness (QED) is 0.436. The van der Waals surface area contributed by atoms with Crippen molar-refractivity contribution in [2.45, 2.75) is 78.2 Å². The van der Waals surface area contributed by atoms with E-state index in [0.29, 0.717) is 39.8 Å². The van der Waals surface area contributed by atoms with Crippen LogP contribution in [0.1, 0.15) is 53.0 Å². The van der Waals surface area contributed by atoms with Crippen molar-refractivity contribution < 1.29 is 23.4 Å². The molecule has 0 bridgehead atoms. The number of nitrogens with zero attached hydrogens (tertiary/aromatic N) is 3. The van der Waals surface area contributed by atoms with Crippen LogP contribution in [0.4, 0.5) is 0 Å². The number of hydrogen-bond acceptors (Lipinski definition) is 9. The minimum Gasteiger partial charge on any atom is -0.458 e. The van der Waals surface area contributed by atoms with Gasteiger partial charge >= 0.3 is 11.7 Å². The number of aromatic nitrogens is 3. The molecule has 3 aromatic rings. The Morgan fingerprint density at radius 2 is 1.89 bits per heavy atom. The maximum Gasteiger partial charge on any atom is 0.333 e. The third kappa shape index (κ3) is 5.05. The lowest BCUT2D eigenvalue weighted by atomic mass is 10.0. The molecule has 1 aliphatic heterocycles. The first-order chi connectivity index (χ1) is 16.9. The summed E-state index contributed by atoms with van der Waals surface area (Å²) in [6, 6.07) is 0. The Bertz CT molecular complexity index is 1350. The van der Waals surface area contributed by atoms with E-state index in [9.17, 15) is 14.4 Å². The summed E-state index contributed by atoms with van der Waals surface area (Å²) < 4.78 is 25.0. The molecule has 0 unspecified atom stereocenters. The van der Waals surface area contributed by atoms with Gasteiger partial charge < -0.3 is 18.6 Å². The molecule has 4 rings (SSSR count). The van der Waals surface area contributed by atoms with Crippen molar-refractivity contribution in [3.8, 4) is 10.8 Å². The fourth-order valence-corrected chi connectivity index (χ4v) is 5.48. The zero-order valence-electron chi connectivity index (χ0n) is 21.6. The molecule has 0 amide bonds. The van der Waals surface area contributed by atoms with Gasteiger partial charge in [0.1, 0.15) is 22.2 Å². The lowest BCUT2D eigenvalue weighted by Crippen LogP contribution is -2.54. The maximum absolute atomic E-state index is 13.8. The van der Waals surface area contributed by atoms with Gasteiger partial charge in [-0.3, -0.25) is 9.36 Å². The zero-order valence-corrected chi connectivity index (χ0v) is 22.4. The first-order valence-electron chi connectivity index (χ1n) is 12.0. The van der Waals surface area contributed by atoms with Gasteiger partial charge in [-0.15, -0.1) is 11.3 Å². The number of oxazole rings is 1. The topological polar surface area (TPSA) is 115 Å². The largest absolute Gasteiger partial charge is 0.458 e. The van der Waals surface area contributed by atoms with E-state index < -0.39 is 28.4 Å². The van der Waals surface area contributed by atoms with Gasteiger partial charge in [0.05, 0.1) is 35.7 Å². The van der Waals surface area contributed by atoms with Gasteiger partial charge in [-0.05, 0) is 59.9 Å². The molecule has 0 saturated carbocycles. The average Bonchev–Trinajstić information content (AvgIpc) is 3.43. The van der Waals surface area contributed by atoms with Crippen molar-refractivity contribution in [2.75, 3.05) is 19.8 Å². The number of rotatable bonds is 7. The summed E-state index contributed by atoms with van der Waals surface area (Å²) in [6.45, 7) is 11.8. The highest BCUT2D eigenvalue weighted by Gasteiger charge is 2.38. The Morgan fingerprint density at radius 3 is 2.50 bits per heavy atom. The second kappa shape index (κ2) is 9.95. The number of fused-ring (bicyclic) bond motifs is 1. The molecule has 4 heterocycles. The minimum absolute atomic E-state index is 0.0574. The molecule has 0 atom stereocenters. The Morgan fingerprint density at radius 1 is 1.19 bits per heavy atom. The van der Waals surface area contributed by atoms with Crippen LogP contribution in [0, 0.1) is 6.92 Å². The molecular weight excluding hydrogens is 486 g/mol. The van der Waals surface area contributed by atoms with Crippen molar-refractivity contribution in [2.24, 2.45) is 0 Å². The molecular formula is C25H33N3O7S. The Labute approximate surface area is 212 Å². The van der Waals surface area contributed by atoms with Gasteiger partial charge in [-0.25, -0.2) is 19.1 Å². The van der Waals surface area contributed by atoms with Gasteiger partial charge in [0.15, 0.2) is 0 Å². The molecule has 0 radical (unpaired) electrons. The zero-order chi connectivity index (χ0) is 26.3. The van der Waals surface area contributed by atoms with Crippen molar-refractivity contribution in [3.05, 3.63) is 38.9 Å². The van der Waals surface area contributed by atoms with Crippen LogP contribution in [0.5, 0.6) is 0 Å². The predicted molar refractivity (Wildman–Crippen MR) is 136 cm³/mol. The summed E-state index contributed by atoms with van der Waals surface area (Å²) in [4.78, 5) is 46.1. The number of hydrogen-bond donors (Lipinski definition) is 0. The van der Waals surface area contributed by atoms with Crippen LogP contribution in [-0.4, -0.2) is 51.6 Å². The molecule has 196 valence electrons. The Kier molecular flexibility index (Phi) is 7.27. The number of thiophene rings is 1. The number of aryl methyl sites for hydroxylation is 1. The summed E-state index contributed by atoms with van der Waals surface area (Å²) in [5.41, 5.74) is -2.85. The highest BCUT2D eigenvalue weighted by molar-refractivity contribution is 7.22. The molecule has 1 aliphatic rings. The second-order valence-electron chi connectivity index (χ2n) is 10.4. The van der Waals surface area contributed by atoms with Crippen LogP contribution < -0.4 is 11.2 Å². The molecule has 0 N–H and O–H groups in total. The highest BCUT2D eigenvalue weighted by atomic mass is 32.1. The van der Waals surface area contributed by atoms with E-state index in [1.165, 1.54) is 42.2 Å². The van der Waals surface area contributed by atoms with Crippen LogP contribution in [0.25, 0.3) is 21.0 Å². The standard InChI is InChI=1S/C25H33N3O7S/c1-15-17-20(29)28(25(5,6)22(30)35-24(2,3)4)23(31)27(10-14-33-16-7-11-32-12-8-16)21(17)36-18(15)19-26-9-13-34-19/h9,13,16H,7-8,10-12,14H2,1-6H3.